The Labute approximate surface area is 166 Å². The van der Waals surface area contributed by atoms with E-state index in [-0.39, 0.29) is 11.8 Å². The van der Waals surface area contributed by atoms with Gasteiger partial charge in [-0.15, -0.1) is 0 Å². The fourth-order valence-corrected chi connectivity index (χ4v) is 3.26. The Hall–Kier alpha value is -1.95. The molecule has 1 fully saturated rings. The molecule has 6 nitrogen and oxygen atoms in total. The van der Waals surface area contributed by atoms with Crippen LogP contribution in [0, 0.1) is 5.92 Å². The monoisotopic (exact) mass is 396 g/mol. The van der Waals surface area contributed by atoms with E-state index in [1.54, 1.807) is 28.9 Å². The first kappa shape index (κ1) is 21.4. The predicted molar refractivity (Wildman–Crippen MR) is 106 cm³/mol. The van der Waals surface area contributed by atoms with E-state index in [9.17, 15) is 9.59 Å². The van der Waals surface area contributed by atoms with Crippen LogP contribution >= 0.6 is 11.6 Å². The van der Waals surface area contributed by atoms with Crippen molar-refractivity contribution in [3.8, 4) is 11.5 Å². The fourth-order valence-electron chi connectivity index (χ4n) is 3.00. The minimum atomic E-state index is -0.116. The first-order valence-corrected chi connectivity index (χ1v) is 9.76. The zero-order valence-corrected chi connectivity index (χ0v) is 17.3. The van der Waals surface area contributed by atoms with Crippen molar-refractivity contribution in [2.75, 3.05) is 39.9 Å². The Morgan fingerprint density at radius 3 is 2.44 bits per heavy atom. The topological polar surface area (TPSA) is 59.1 Å². The van der Waals surface area contributed by atoms with Crippen LogP contribution in [0.1, 0.15) is 44.0 Å². The van der Waals surface area contributed by atoms with E-state index in [1.807, 2.05) is 0 Å². The number of carbonyl (C=O) groups excluding carboxylic acids is 2. The predicted octanol–water partition coefficient (Wildman–Crippen LogP) is 3.47. The summed E-state index contributed by atoms with van der Waals surface area (Å²) in [7, 11) is 1.53. The lowest BCUT2D eigenvalue weighted by Gasteiger charge is -2.22. The van der Waals surface area contributed by atoms with E-state index in [0.29, 0.717) is 60.8 Å². The largest absolute Gasteiger partial charge is 0.493 e. The smallest absolute Gasteiger partial charge is 0.254 e. The van der Waals surface area contributed by atoms with Gasteiger partial charge in [0.15, 0.2) is 11.5 Å². The summed E-state index contributed by atoms with van der Waals surface area (Å²) in [6.45, 7) is 8.67. The number of halogens is 1. The van der Waals surface area contributed by atoms with Gasteiger partial charge in [-0.3, -0.25) is 9.59 Å². The molecule has 1 aromatic rings. The molecule has 0 saturated carbocycles. The first-order valence-electron chi connectivity index (χ1n) is 9.38. The second kappa shape index (κ2) is 9.83. The lowest BCUT2D eigenvalue weighted by molar-refractivity contribution is -0.128. The van der Waals surface area contributed by atoms with Crippen LogP contribution in [0.5, 0.6) is 11.5 Å². The standard InChI is InChI=1S/C20H29ClN2O4/c1-14(2)6-11-27-19-17(21)12-16(13-18(19)26-4)20(25)23-8-5-7-22(9-10-23)15(3)24/h12-14H,5-11H2,1-4H3. The van der Waals surface area contributed by atoms with Crippen molar-refractivity contribution in [1.82, 2.24) is 9.80 Å². The Morgan fingerprint density at radius 1 is 1.15 bits per heavy atom. The van der Waals surface area contributed by atoms with Gasteiger partial charge in [0.05, 0.1) is 18.7 Å². The summed E-state index contributed by atoms with van der Waals surface area (Å²) in [4.78, 5) is 28.0. The molecule has 1 aliphatic rings. The second-order valence-corrected chi connectivity index (χ2v) is 7.58. The van der Waals surface area contributed by atoms with Crippen LogP contribution in [-0.2, 0) is 4.79 Å². The van der Waals surface area contributed by atoms with Crippen molar-refractivity contribution < 1.29 is 19.1 Å². The van der Waals surface area contributed by atoms with Gasteiger partial charge >= 0.3 is 0 Å². The minimum Gasteiger partial charge on any atom is -0.493 e. The van der Waals surface area contributed by atoms with Crippen LogP contribution < -0.4 is 9.47 Å². The Bertz CT molecular complexity index is 678. The number of methoxy groups -OCH3 is 1. The molecule has 0 aliphatic carbocycles. The van der Waals surface area contributed by atoms with E-state index in [4.69, 9.17) is 21.1 Å². The zero-order chi connectivity index (χ0) is 20.0. The third kappa shape index (κ3) is 5.76. The number of hydrogen-bond acceptors (Lipinski definition) is 4. The summed E-state index contributed by atoms with van der Waals surface area (Å²) in [5, 5.41) is 0.363. The summed E-state index contributed by atoms with van der Waals surface area (Å²) in [6, 6.07) is 3.30. The van der Waals surface area contributed by atoms with Gasteiger partial charge in [0.25, 0.3) is 5.91 Å². The first-order chi connectivity index (χ1) is 12.8. The number of amides is 2. The quantitative estimate of drug-likeness (QED) is 0.738. The van der Waals surface area contributed by atoms with Gasteiger partial charge in [0.1, 0.15) is 0 Å². The van der Waals surface area contributed by atoms with Crippen molar-refractivity contribution in [3.05, 3.63) is 22.7 Å². The maximum Gasteiger partial charge on any atom is 0.254 e. The fraction of sp³-hybridized carbons (Fsp3) is 0.600. The molecule has 0 radical (unpaired) electrons. The highest BCUT2D eigenvalue weighted by Gasteiger charge is 2.23. The van der Waals surface area contributed by atoms with E-state index in [0.717, 1.165) is 12.8 Å². The summed E-state index contributed by atoms with van der Waals surface area (Å²) >= 11 is 6.38. The van der Waals surface area contributed by atoms with Crippen LogP contribution in [0.15, 0.2) is 12.1 Å². The van der Waals surface area contributed by atoms with Gasteiger partial charge < -0.3 is 19.3 Å². The molecule has 1 heterocycles. The average Bonchev–Trinajstić information content (AvgIpc) is 2.88. The maximum absolute atomic E-state index is 12.9. The highest BCUT2D eigenvalue weighted by molar-refractivity contribution is 6.32. The Morgan fingerprint density at radius 2 is 1.81 bits per heavy atom. The SMILES string of the molecule is COc1cc(C(=O)N2CCCN(C(C)=O)CC2)cc(Cl)c1OCCC(C)C. The average molecular weight is 397 g/mol. The molecule has 0 atom stereocenters. The molecular formula is C20H29ClN2O4. The van der Waals surface area contributed by atoms with Gasteiger partial charge in [-0.2, -0.15) is 0 Å². The molecule has 0 spiro atoms. The zero-order valence-electron chi connectivity index (χ0n) is 16.6. The van der Waals surface area contributed by atoms with Crippen LogP contribution in [0.25, 0.3) is 0 Å². The highest BCUT2D eigenvalue weighted by atomic mass is 35.5. The number of rotatable bonds is 6. The van der Waals surface area contributed by atoms with Crippen LogP contribution in [-0.4, -0.2) is 61.5 Å². The van der Waals surface area contributed by atoms with E-state index >= 15 is 0 Å². The van der Waals surface area contributed by atoms with Crippen molar-refractivity contribution in [1.29, 1.82) is 0 Å². The third-order valence-corrected chi connectivity index (χ3v) is 4.93. The molecule has 7 heteroatoms. The third-order valence-electron chi connectivity index (χ3n) is 4.65. The summed E-state index contributed by atoms with van der Waals surface area (Å²) in [5.41, 5.74) is 0.462. The van der Waals surface area contributed by atoms with Crippen LogP contribution in [0.3, 0.4) is 0 Å². The van der Waals surface area contributed by atoms with Gasteiger partial charge in [-0.05, 0) is 30.9 Å². The van der Waals surface area contributed by atoms with Gasteiger partial charge in [0.2, 0.25) is 5.91 Å². The molecule has 1 saturated heterocycles. The van der Waals surface area contributed by atoms with Gasteiger partial charge in [0, 0.05) is 38.7 Å². The molecule has 1 aliphatic heterocycles. The normalized spacial score (nSPS) is 14.9. The molecule has 150 valence electrons. The lowest BCUT2D eigenvalue weighted by Crippen LogP contribution is -2.36. The molecule has 27 heavy (non-hydrogen) atoms. The van der Waals surface area contributed by atoms with Crippen molar-refractivity contribution in [2.24, 2.45) is 5.92 Å². The van der Waals surface area contributed by atoms with Crippen LogP contribution in [0.4, 0.5) is 0 Å². The summed E-state index contributed by atoms with van der Waals surface area (Å²) in [5.74, 6) is 1.37. The number of nitrogens with zero attached hydrogens (tertiary/aromatic N) is 2. The molecule has 2 amide bonds. The Balaban J connectivity index is 2.14. The van der Waals surface area contributed by atoms with Crippen LogP contribution in [0.2, 0.25) is 5.02 Å². The molecule has 1 aromatic carbocycles. The minimum absolute atomic E-state index is 0.0388. The molecule has 0 aromatic heterocycles. The Kier molecular flexibility index (Phi) is 7.78. The number of benzene rings is 1. The maximum atomic E-state index is 12.9. The van der Waals surface area contributed by atoms with Gasteiger partial charge in [-0.25, -0.2) is 0 Å². The van der Waals surface area contributed by atoms with E-state index in [2.05, 4.69) is 13.8 Å². The summed E-state index contributed by atoms with van der Waals surface area (Å²) in [6.07, 6.45) is 1.66. The number of carbonyl (C=O) groups is 2. The number of ether oxygens (including phenoxy) is 2. The van der Waals surface area contributed by atoms with Gasteiger partial charge in [-0.1, -0.05) is 25.4 Å². The van der Waals surface area contributed by atoms with E-state index < -0.39 is 0 Å². The molecular weight excluding hydrogens is 368 g/mol. The van der Waals surface area contributed by atoms with E-state index in [1.165, 1.54) is 7.11 Å². The summed E-state index contributed by atoms with van der Waals surface area (Å²) < 4.78 is 11.2. The lowest BCUT2D eigenvalue weighted by atomic mass is 10.1. The number of hydrogen-bond donors (Lipinski definition) is 0. The molecule has 0 N–H and O–H groups in total. The molecule has 0 bridgehead atoms. The van der Waals surface area contributed by atoms with Crippen molar-refractivity contribution >= 4 is 23.4 Å². The van der Waals surface area contributed by atoms with Crippen molar-refractivity contribution in [2.45, 2.75) is 33.6 Å². The highest BCUT2D eigenvalue weighted by Crippen LogP contribution is 2.37. The molecule has 2 rings (SSSR count). The second-order valence-electron chi connectivity index (χ2n) is 7.17. The van der Waals surface area contributed by atoms with Crippen molar-refractivity contribution in [3.63, 3.8) is 0 Å². The molecule has 0 unspecified atom stereocenters.